The molecular weight excluding hydrogens is 382 g/mol. The molecule has 0 unspecified atom stereocenters. The zero-order chi connectivity index (χ0) is 20.9. The first-order valence-electron chi connectivity index (χ1n) is 8.82. The van der Waals surface area contributed by atoms with Crippen molar-refractivity contribution < 1.29 is 22.7 Å². The number of hydrogen-bond acceptors (Lipinski definition) is 5. The molecule has 0 spiro atoms. The number of nitrogens with one attached hydrogen (secondary N) is 2. The van der Waals surface area contributed by atoms with Gasteiger partial charge in [-0.25, -0.2) is 17.9 Å². The molecule has 0 aliphatic rings. The SMILES string of the molecule is CCOC(=O)c1cc(C)n(CC(=O)NCc2ccc(S(=O)(=O)NC)cc2)c1C. The number of nitrogens with zero attached hydrogens (tertiary/aromatic N) is 1. The summed E-state index contributed by atoms with van der Waals surface area (Å²) < 4.78 is 32.5. The molecule has 28 heavy (non-hydrogen) atoms. The molecule has 0 bridgehead atoms. The summed E-state index contributed by atoms with van der Waals surface area (Å²) in [6, 6.07) is 7.98. The molecule has 1 amide bonds. The minimum Gasteiger partial charge on any atom is -0.462 e. The topological polar surface area (TPSA) is 106 Å². The molecule has 2 aromatic rings. The number of aryl methyl sites for hydroxylation is 1. The number of hydrogen-bond donors (Lipinski definition) is 2. The smallest absolute Gasteiger partial charge is 0.339 e. The van der Waals surface area contributed by atoms with E-state index in [4.69, 9.17) is 4.74 Å². The number of aromatic nitrogens is 1. The van der Waals surface area contributed by atoms with Crippen LogP contribution in [0.3, 0.4) is 0 Å². The van der Waals surface area contributed by atoms with Gasteiger partial charge in [-0.2, -0.15) is 0 Å². The van der Waals surface area contributed by atoms with Crippen LogP contribution in [-0.2, 0) is 32.6 Å². The highest BCUT2D eigenvalue weighted by Gasteiger charge is 2.18. The van der Waals surface area contributed by atoms with Crippen molar-refractivity contribution in [2.75, 3.05) is 13.7 Å². The largest absolute Gasteiger partial charge is 0.462 e. The normalized spacial score (nSPS) is 11.3. The van der Waals surface area contributed by atoms with E-state index in [0.29, 0.717) is 11.3 Å². The van der Waals surface area contributed by atoms with Crippen LogP contribution < -0.4 is 10.0 Å². The maximum atomic E-state index is 12.3. The standard InChI is InChI=1S/C19H25N3O5S/c1-5-27-19(24)17-10-13(2)22(14(17)3)12-18(23)21-11-15-6-8-16(9-7-15)28(25,26)20-4/h6-10,20H,5,11-12H2,1-4H3,(H,21,23). The minimum atomic E-state index is -3.48. The average molecular weight is 407 g/mol. The van der Waals surface area contributed by atoms with E-state index in [9.17, 15) is 18.0 Å². The van der Waals surface area contributed by atoms with E-state index >= 15 is 0 Å². The molecule has 152 valence electrons. The second kappa shape index (κ2) is 9.03. The summed E-state index contributed by atoms with van der Waals surface area (Å²) in [4.78, 5) is 24.4. The van der Waals surface area contributed by atoms with Crippen molar-refractivity contribution in [3.05, 3.63) is 52.8 Å². The van der Waals surface area contributed by atoms with Gasteiger partial charge in [0.25, 0.3) is 0 Å². The van der Waals surface area contributed by atoms with Crippen LogP contribution in [0.1, 0.15) is 34.2 Å². The lowest BCUT2D eigenvalue weighted by molar-refractivity contribution is -0.121. The molecule has 0 aliphatic heterocycles. The Labute approximate surface area is 164 Å². The van der Waals surface area contributed by atoms with Crippen LogP contribution in [0.4, 0.5) is 0 Å². The Kier molecular flexibility index (Phi) is 6.98. The monoisotopic (exact) mass is 407 g/mol. The molecule has 0 fully saturated rings. The summed E-state index contributed by atoms with van der Waals surface area (Å²) in [5.74, 6) is -0.622. The van der Waals surface area contributed by atoms with Gasteiger partial charge in [-0.15, -0.1) is 0 Å². The predicted molar refractivity (Wildman–Crippen MR) is 104 cm³/mol. The molecule has 2 N–H and O–H groups in total. The maximum absolute atomic E-state index is 12.3. The zero-order valence-corrected chi connectivity index (χ0v) is 17.2. The van der Waals surface area contributed by atoms with Gasteiger partial charge in [-0.05, 0) is 51.6 Å². The Morgan fingerprint density at radius 1 is 1.14 bits per heavy atom. The van der Waals surface area contributed by atoms with Gasteiger partial charge in [0.05, 0.1) is 17.1 Å². The summed E-state index contributed by atoms with van der Waals surface area (Å²) in [5, 5.41) is 2.80. The highest BCUT2D eigenvalue weighted by Crippen LogP contribution is 2.16. The summed E-state index contributed by atoms with van der Waals surface area (Å²) in [7, 11) is -2.13. The molecule has 8 nitrogen and oxygen atoms in total. The molecule has 0 aliphatic carbocycles. The van der Waals surface area contributed by atoms with Crippen LogP contribution in [0, 0.1) is 13.8 Å². The Hall–Kier alpha value is -2.65. The van der Waals surface area contributed by atoms with Gasteiger partial charge in [-0.1, -0.05) is 12.1 Å². The lowest BCUT2D eigenvalue weighted by Gasteiger charge is -2.11. The minimum absolute atomic E-state index is 0.0727. The predicted octanol–water partition coefficient (Wildman–Crippen LogP) is 1.51. The highest BCUT2D eigenvalue weighted by molar-refractivity contribution is 7.89. The van der Waals surface area contributed by atoms with Gasteiger partial charge in [0, 0.05) is 17.9 Å². The van der Waals surface area contributed by atoms with Crippen LogP contribution in [0.2, 0.25) is 0 Å². The molecule has 9 heteroatoms. The Bertz CT molecular complexity index is 962. The van der Waals surface area contributed by atoms with Crippen molar-refractivity contribution in [3.63, 3.8) is 0 Å². The van der Waals surface area contributed by atoms with Crippen molar-refractivity contribution in [1.29, 1.82) is 0 Å². The van der Waals surface area contributed by atoms with E-state index < -0.39 is 16.0 Å². The summed E-state index contributed by atoms with van der Waals surface area (Å²) in [6.45, 7) is 5.96. The van der Waals surface area contributed by atoms with Gasteiger partial charge in [0.15, 0.2) is 0 Å². The van der Waals surface area contributed by atoms with Crippen LogP contribution in [0.5, 0.6) is 0 Å². The first-order valence-corrected chi connectivity index (χ1v) is 10.3. The third-order valence-electron chi connectivity index (χ3n) is 4.36. The lowest BCUT2D eigenvalue weighted by Crippen LogP contribution is -2.28. The van der Waals surface area contributed by atoms with Gasteiger partial charge in [0.2, 0.25) is 15.9 Å². The lowest BCUT2D eigenvalue weighted by atomic mass is 10.2. The molecule has 2 rings (SSSR count). The molecule has 0 radical (unpaired) electrons. The summed E-state index contributed by atoms with van der Waals surface area (Å²) in [5.41, 5.74) is 2.69. The second-order valence-electron chi connectivity index (χ2n) is 6.22. The number of ether oxygens (including phenoxy) is 1. The third kappa shape index (κ3) is 4.99. The molecule has 1 aromatic carbocycles. The molecule has 0 saturated carbocycles. The number of carbonyl (C=O) groups excluding carboxylic acids is 2. The van der Waals surface area contributed by atoms with Crippen molar-refractivity contribution in [2.45, 2.75) is 38.8 Å². The Morgan fingerprint density at radius 3 is 2.36 bits per heavy atom. The van der Waals surface area contributed by atoms with Crippen LogP contribution in [-0.4, -0.2) is 38.5 Å². The van der Waals surface area contributed by atoms with Crippen LogP contribution in [0.15, 0.2) is 35.2 Å². The molecule has 1 aromatic heterocycles. The van der Waals surface area contributed by atoms with E-state index in [1.54, 1.807) is 36.6 Å². The first kappa shape index (κ1) is 21.6. The van der Waals surface area contributed by atoms with Crippen LogP contribution in [0.25, 0.3) is 0 Å². The number of carbonyl (C=O) groups is 2. The van der Waals surface area contributed by atoms with Gasteiger partial charge in [0.1, 0.15) is 6.54 Å². The fraction of sp³-hybridized carbons (Fsp3) is 0.368. The van der Waals surface area contributed by atoms with Crippen molar-refractivity contribution in [3.8, 4) is 0 Å². The Balaban J connectivity index is 2.01. The number of amides is 1. The first-order chi connectivity index (χ1) is 13.2. The van der Waals surface area contributed by atoms with E-state index in [1.807, 2.05) is 6.92 Å². The highest BCUT2D eigenvalue weighted by atomic mass is 32.2. The van der Waals surface area contributed by atoms with Crippen LogP contribution >= 0.6 is 0 Å². The number of esters is 1. The summed E-state index contributed by atoms with van der Waals surface area (Å²) in [6.07, 6.45) is 0. The molecule has 1 heterocycles. The van der Waals surface area contributed by atoms with Gasteiger partial charge < -0.3 is 14.6 Å². The molecule has 0 saturated heterocycles. The van der Waals surface area contributed by atoms with Crippen molar-refractivity contribution in [2.24, 2.45) is 0 Å². The van der Waals surface area contributed by atoms with E-state index in [1.165, 1.54) is 19.2 Å². The average Bonchev–Trinajstić information content (AvgIpc) is 2.95. The van der Waals surface area contributed by atoms with Gasteiger partial charge in [-0.3, -0.25) is 4.79 Å². The molecular formula is C19H25N3O5S. The second-order valence-corrected chi connectivity index (χ2v) is 8.11. The zero-order valence-electron chi connectivity index (χ0n) is 16.4. The van der Waals surface area contributed by atoms with E-state index in [2.05, 4.69) is 10.0 Å². The summed E-state index contributed by atoms with van der Waals surface area (Å²) >= 11 is 0. The van der Waals surface area contributed by atoms with Crippen molar-refractivity contribution in [1.82, 2.24) is 14.6 Å². The van der Waals surface area contributed by atoms with Crippen molar-refractivity contribution >= 4 is 21.9 Å². The quantitative estimate of drug-likeness (QED) is 0.645. The number of sulfonamides is 1. The number of rotatable bonds is 8. The number of benzene rings is 1. The Morgan fingerprint density at radius 2 is 1.79 bits per heavy atom. The molecule has 0 atom stereocenters. The fourth-order valence-electron chi connectivity index (χ4n) is 2.76. The van der Waals surface area contributed by atoms with E-state index in [-0.39, 0.29) is 30.5 Å². The third-order valence-corrected chi connectivity index (χ3v) is 5.79. The van der Waals surface area contributed by atoms with Gasteiger partial charge >= 0.3 is 5.97 Å². The fourth-order valence-corrected chi connectivity index (χ4v) is 3.49. The van der Waals surface area contributed by atoms with E-state index in [0.717, 1.165) is 11.3 Å². The maximum Gasteiger partial charge on any atom is 0.339 e.